The van der Waals surface area contributed by atoms with E-state index < -0.39 is 0 Å². The number of carbonyl (C=O) groups is 1. The number of benzene rings is 1. The molecule has 0 saturated carbocycles. The fourth-order valence-electron chi connectivity index (χ4n) is 2.02. The van der Waals surface area contributed by atoms with Gasteiger partial charge >= 0.3 is 0 Å². The lowest BCUT2D eigenvalue weighted by Gasteiger charge is -1.99. The van der Waals surface area contributed by atoms with E-state index in [9.17, 15) is 4.79 Å². The quantitative estimate of drug-likeness (QED) is 0.580. The molecule has 0 aliphatic rings. The Bertz CT molecular complexity index is 861. The van der Waals surface area contributed by atoms with Gasteiger partial charge in [0.15, 0.2) is 0 Å². The number of carbonyl (C=O) groups excluding carboxylic acids is 1. The summed E-state index contributed by atoms with van der Waals surface area (Å²) in [5.74, 6) is -0.277. The molecule has 0 bridgehead atoms. The first-order chi connectivity index (χ1) is 12.2. The molecule has 1 amide bonds. The third-order valence-corrected chi connectivity index (χ3v) is 5.28. The lowest BCUT2D eigenvalue weighted by molar-refractivity contribution is -0.111. The van der Waals surface area contributed by atoms with E-state index >= 15 is 0 Å². The Balaban J connectivity index is 1.49. The second-order valence-electron chi connectivity index (χ2n) is 5.01. The first-order valence-corrected chi connectivity index (χ1v) is 9.61. The van der Waals surface area contributed by atoms with Crippen molar-refractivity contribution in [2.75, 3.05) is 17.2 Å². The van der Waals surface area contributed by atoms with Gasteiger partial charge in [-0.05, 0) is 35.6 Å². The topological polar surface area (TPSA) is 66.9 Å². The first kappa shape index (κ1) is 17.6. The van der Waals surface area contributed by atoms with Crippen molar-refractivity contribution in [3.8, 4) is 0 Å². The Hall–Kier alpha value is -2.22. The molecule has 2 aromatic heterocycles. The molecule has 3 rings (SSSR count). The number of nitrogens with zero attached hydrogens (tertiary/aromatic N) is 2. The van der Waals surface area contributed by atoms with Gasteiger partial charge in [0, 0.05) is 22.5 Å². The molecule has 25 heavy (non-hydrogen) atoms. The Morgan fingerprint density at radius 3 is 2.80 bits per heavy atom. The fourth-order valence-corrected chi connectivity index (χ4v) is 3.60. The summed E-state index contributed by atoms with van der Waals surface area (Å²) in [6.07, 6.45) is 4.02. The van der Waals surface area contributed by atoms with Gasteiger partial charge < -0.3 is 5.32 Å². The average Bonchev–Trinajstić information content (AvgIpc) is 3.26. The van der Waals surface area contributed by atoms with Crippen molar-refractivity contribution in [1.82, 2.24) is 10.2 Å². The summed E-state index contributed by atoms with van der Waals surface area (Å²) in [4.78, 5) is 13.3. The van der Waals surface area contributed by atoms with E-state index in [1.165, 1.54) is 22.3 Å². The van der Waals surface area contributed by atoms with E-state index in [4.69, 9.17) is 11.6 Å². The zero-order valence-corrected chi connectivity index (χ0v) is 15.5. The number of hydrogen-bond acceptors (Lipinski definition) is 6. The minimum absolute atomic E-state index is 0.277. The zero-order valence-electron chi connectivity index (χ0n) is 13.1. The minimum atomic E-state index is -0.277. The van der Waals surface area contributed by atoms with Crippen molar-refractivity contribution >= 4 is 56.5 Å². The van der Waals surface area contributed by atoms with Crippen LogP contribution in [-0.2, 0) is 11.2 Å². The van der Waals surface area contributed by atoms with Crippen LogP contribution in [-0.4, -0.2) is 22.6 Å². The number of rotatable bonds is 7. The molecule has 1 aromatic carbocycles. The van der Waals surface area contributed by atoms with Gasteiger partial charge in [0.2, 0.25) is 16.2 Å². The number of halogens is 1. The highest BCUT2D eigenvalue weighted by atomic mass is 35.5. The molecule has 0 saturated heterocycles. The Morgan fingerprint density at radius 2 is 2.00 bits per heavy atom. The van der Waals surface area contributed by atoms with E-state index in [0.717, 1.165) is 18.5 Å². The van der Waals surface area contributed by atoms with Crippen molar-refractivity contribution in [2.24, 2.45) is 0 Å². The molecule has 8 heteroatoms. The van der Waals surface area contributed by atoms with Gasteiger partial charge in [0.1, 0.15) is 0 Å². The molecule has 0 radical (unpaired) electrons. The van der Waals surface area contributed by atoms with E-state index in [1.807, 2.05) is 24.3 Å². The van der Waals surface area contributed by atoms with Crippen LogP contribution in [0.25, 0.3) is 6.08 Å². The molecule has 5 nitrogen and oxygen atoms in total. The summed E-state index contributed by atoms with van der Waals surface area (Å²) >= 11 is 9.08. The molecule has 128 valence electrons. The Labute approximate surface area is 158 Å². The van der Waals surface area contributed by atoms with Gasteiger partial charge in [-0.15, -0.1) is 21.5 Å². The van der Waals surface area contributed by atoms with Crippen LogP contribution in [0.3, 0.4) is 0 Å². The average molecular weight is 391 g/mol. The molecule has 0 spiro atoms. The van der Waals surface area contributed by atoms with Gasteiger partial charge in [-0.2, -0.15) is 0 Å². The maximum absolute atomic E-state index is 12.0. The molecule has 0 unspecified atom stereocenters. The zero-order chi connectivity index (χ0) is 17.5. The SMILES string of the molecule is O=C(/C=C/c1ccccc1Cl)Nc1nnc(NCCc2cccs2)s1. The summed E-state index contributed by atoms with van der Waals surface area (Å²) in [6, 6.07) is 11.5. The van der Waals surface area contributed by atoms with E-state index in [-0.39, 0.29) is 5.91 Å². The number of thiophene rings is 1. The monoisotopic (exact) mass is 390 g/mol. The van der Waals surface area contributed by atoms with Crippen molar-refractivity contribution in [2.45, 2.75) is 6.42 Å². The number of nitrogens with one attached hydrogen (secondary N) is 2. The van der Waals surface area contributed by atoms with Crippen LogP contribution in [0.1, 0.15) is 10.4 Å². The van der Waals surface area contributed by atoms with Gasteiger partial charge in [-0.25, -0.2) is 0 Å². The maximum Gasteiger partial charge on any atom is 0.250 e. The van der Waals surface area contributed by atoms with Crippen molar-refractivity contribution in [1.29, 1.82) is 0 Å². The molecule has 0 aliphatic carbocycles. The maximum atomic E-state index is 12.0. The number of amides is 1. The van der Waals surface area contributed by atoms with E-state index in [1.54, 1.807) is 23.5 Å². The van der Waals surface area contributed by atoms with E-state index in [0.29, 0.717) is 15.3 Å². The predicted molar refractivity (Wildman–Crippen MR) is 106 cm³/mol. The van der Waals surface area contributed by atoms with Crippen LogP contribution >= 0.6 is 34.3 Å². The van der Waals surface area contributed by atoms with Crippen LogP contribution in [0.5, 0.6) is 0 Å². The predicted octanol–water partition coefficient (Wildman–Crippen LogP) is 4.56. The van der Waals surface area contributed by atoms with Crippen LogP contribution in [0.2, 0.25) is 5.02 Å². The lowest BCUT2D eigenvalue weighted by Crippen LogP contribution is -2.07. The molecule has 0 fully saturated rings. The summed E-state index contributed by atoms with van der Waals surface area (Å²) in [7, 11) is 0. The molecule has 2 heterocycles. The van der Waals surface area contributed by atoms with Crippen molar-refractivity contribution in [3.05, 3.63) is 63.3 Å². The minimum Gasteiger partial charge on any atom is -0.360 e. The number of anilines is 2. The normalized spacial score (nSPS) is 10.9. The molecule has 0 atom stereocenters. The third kappa shape index (κ3) is 5.38. The van der Waals surface area contributed by atoms with E-state index in [2.05, 4.69) is 32.3 Å². The lowest BCUT2D eigenvalue weighted by atomic mass is 10.2. The number of aromatic nitrogens is 2. The van der Waals surface area contributed by atoms with Crippen LogP contribution < -0.4 is 10.6 Å². The molecule has 2 N–H and O–H groups in total. The standard InChI is InChI=1S/C17H15ClN4OS2/c18-14-6-2-1-4-12(14)7-8-15(23)20-17-22-21-16(25-17)19-10-9-13-5-3-11-24-13/h1-8,11H,9-10H2,(H,19,21)(H,20,22,23)/b8-7+. The van der Waals surface area contributed by atoms with Crippen molar-refractivity contribution in [3.63, 3.8) is 0 Å². The van der Waals surface area contributed by atoms with Crippen molar-refractivity contribution < 1.29 is 4.79 Å². The van der Waals surface area contributed by atoms with Gasteiger partial charge in [0.05, 0.1) is 0 Å². The summed E-state index contributed by atoms with van der Waals surface area (Å²) in [6.45, 7) is 0.773. The highest BCUT2D eigenvalue weighted by Crippen LogP contribution is 2.21. The third-order valence-electron chi connectivity index (χ3n) is 3.20. The second kappa shape index (κ2) is 8.75. The van der Waals surface area contributed by atoms with Gasteiger partial charge in [-0.1, -0.05) is 47.2 Å². The molecule has 3 aromatic rings. The largest absolute Gasteiger partial charge is 0.360 e. The summed E-state index contributed by atoms with van der Waals surface area (Å²) in [5.41, 5.74) is 0.785. The fraction of sp³-hybridized carbons (Fsp3) is 0.118. The Morgan fingerprint density at radius 1 is 1.16 bits per heavy atom. The summed E-state index contributed by atoms with van der Waals surface area (Å²) < 4.78 is 0. The first-order valence-electron chi connectivity index (χ1n) is 7.54. The highest BCUT2D eigenvalue weighted by Gasteiger charge is 2.06. The second-order valence-corrected chi connectivity index (χ2v) is 7.43. The number of hydrogen-bond donors (Lipinski definition) is 2. The van der Waals surface area contributed by atoms with Crippen LogP contribution in [0, 0.1) is 0 Å². The highest BCUT2D eigenvalue weighted by molar-refractivity contribution is 7.19. The molecular formula is C17H15ClN4OS2. The summed E-state index contributed by atoms with van der Waals surface area (Å²) in [5, 5.41) is 17.7. The smallest absolute Gasteiger partial charge is 0.250 e. The van der Waals surface area contributed by atoms with Crippen LogP contribution in [0.15, 0.2) is 47.9 Å². The molecule has 0 aliphatic heterocycles. The molecular weight excluding hydrogens is 376 g/mol. The van der Waals surface area contributed by atoms with Gasteiger partial charge in [-0.3, -0.25) is 10.1 Å². The van der Waals surface area contributed by atoms with Gasteiger partial charge in [0.25, 0.3) is 0 Å². The van der Waals surface area contributed by atoms with Crippen LogP contribution in [0.4, 0.5) is 10.3 Å². The Kier molecular flexibility index (Phi) is 6.16.